The fraction of sp³-hybridized carbons (Fsp3) is 0.400. The highest BCUT2D eigenvalue weighted by atomic mass is 16.1. The maximum atomic E-state index is 12.5. The number of aryl methyl sites for hydroxylation is 1. The Kier molecular flexibility index (Phi) is 4.45. The van der Waals surface area contributed by atoms with Crippen LogP contribution in [-0.2, 0) is 13.6 Å². The van der Waals surface area contributed by atoms with E-state index in [9.17, 15) is 4.79 Å². The molecule has 0 spiro atoms. The zero-order valence-corrected chi connectivity index (χ0v) is 12.6. The summed E-state index contributed by atoms with van der Waals surface area (Å²) in [6, 6.07) is 3.61. The van der Waals surface area contributed by atoms with E-state index in [2.05, 4.69) is 25.6 Å². The normalized spacial score (nSPS) is 15.7. The first-order chi connectivity index (χ1) is 10.7. The molecule has 0 saturated carbocycles. The van der Waals surface area contributed by atoms with Gasteiger partial charge in [0, 0.05) is 46.0 Å². The van der Waals surface area contributed by atoms with E-state index in [0.717, 1.165) is 38.4 Å². The van der Waals surface area contributed by atoms with Crippen molar-refractivity contribution in [2.45, 2.75) is 6.54 Å². The summed E-state index contributed by atoms with van der Waals surface area (Å²) in [5.41, 5.74) is 2.23. The minimum atomic E-state index is -0.147. The number of rotatable bonds is 4. The number of nitrogens with one attached hydrogen (secondary N) is 2. The Morgan fingerprint density at radius 1 is 1.36 bits per heavy atom. The number of nitrogens with zero attached hydrogens (tertiary/aromatic N) is 4. The van der Waals surface area contributed by atoms with E-state index >= 15 is 0 Å². The van der Waals surface area contributed by atoms with Crippen LogP contribution in [0.2, 0.25) is 0 Å². The van der Waals surface area contributed by atoms with Gasteiger partial charge < -0.3 is 10.6 Å². The molecule has 116 valence electrons. The molecule has 0 aliphatic carbocycles. The van der Waals surface area contributed by atoms with E-state index < -0.39 is 0 Å². The molecule has 0 unspecified atom stereocenters. The Balaban J connectivity index is 1.74. The van der Waals surface area contributed by atoms with Crippen LogP contribution >= 0.6 is 0 Å². The van der Waals surface area contributed by atoms with E-state index in [1.54, 1.807) is 29.3 Å². The van der Waals surface area contributed by atoms with Crippen LogP contribution in [-0.4, -0.2) is 51.8 Å². The first kappa shape index (κ1) is 14.7. The summed E-state index contributed by atoms with van der Waals surface area (Å²) in [6.07, 6.45) is 4.93. The molecule has 0 aromatic carbocycles. The highest BCUT2D eigenvalue weighted by molar-refractivity contribution is 6.04. The fourth-order valence-corrected chi connectivity index (χ4v) is 2.56. The number of carbonyl (C=O) groups excluding carboxylic acids is 1. The third-order valence-electron chi connectivity index (χ3n) is 3.81. The second-order valence-electron chi connectivity index (χ2n) is 5.35. The number of piperazine rings is 1. The molecule has 7 heteroatoms. The van der Waals surface area contributed by atoms with Crippen LogP contribution in [0.4, 0.5) is 5.69 Å². The van der Waals surface area contributed by atoms with Gasteiger partial charge in [-0.15, -0.1) is 0 Å². The minimum Gasteiger partial charge on any atom is -0.320 e. The number of carbonyl (C=O) groups is 1. The molecule has 22 heavy (non-hydrogen) atoms. The van der Waals surface area contributed by atoms with Gasteiger partial charge in [-0.05, 0) is 12.1 Å². The molecule has 0 atom stereocenters. The van der Waals surface area contributed by atoms with Crippen molar-refractivity contribution < 1.29 is 4.79 Å². The second kappa shape index (κ2) is 6.67. The zero-order valence-electron chi connectivity index (χ0n) is 12.6. The van der Waals surface area contributed by atoms with Gasteiger partial charge in [0.1, 0.15) is 0 Å². The van der Waals surface area contributed by atoms with Crippen molar-refractivity contribution in [2.24, 2.45) is 7.05 Å². The standard InChI is InChI=1S/C15H20N6O/c1-20-14(11-21-7-5-16-6-8-21)13(10-18-20)15(22)19-12-3-2-4-17-9-12/h2-4,9-10,16H,5-8,11H2,1H3,(H,19,22). The van der Waals surface area contributed by atoms with Gasteiger partial charge in [-0.3, -0.25) is 19.4 Å². The van der Waals surface area contributed by atoms with Crippen molar-refractivity contribution in [3.8, 4) is 0 Å². The molecule has 1 fully saturated rings. The fourth-order valence-electron chi connectivity index (χ4n) is 2.56. The Labute approximate surface area is 129 Å². The predicted molar refractivity (Wildman–Crippen MR) is 83.5 cm³/mol. The quantitative estimate of drug-likeness (QED) is 0.859. The third-order valence-corrected chi connectivity index (χ3v) is 3.81. The van der Waals surface area contributed by atoms with Gasteiger partial charge in [0.15, 0.2) is 0 Å². The SMILES string of the molecule is Cn1ncc(C(=O)Nc2cccnc2)c1CN1CCNCC1. The maximum absolute atomic E-state index is 12.5. The van der Waals surface area contributed by atoms with Gasteiger partial charge in [-0.25, -0.2) is 0 Å². The van der Waals surface area contributed by atoms with Crippen molar-refractivity contribution in [3.05, 3.63) is 42.0 Å². The maximum Gasteiger partial charge on any atom is 0.259 e. The molecule has 1 saturated heterocycles. The molecule has 2 aromatic rings. The van der Waals surface area contributed by atoms with Crippen LogP contribution in [0.5, 0.6) is 0 Å². The Morgan fingerprint density at radius 2 is 2.18 bits per heavy atom. The molecule has 2 N–H and O–H groups in total. The molecule has 0 bridgehead atoms. The smallest absolute Gasteiger partial charge is 0.259 e. The number of aromatic nitrogens is 3. The number of hydrogen-bond acceptors (Lipinski definition) is 5. The number of hydrogen-bond donors (Lipinski definition) is 2. The van der Waals surface area contributed by atoms with Crippen molar-refractivity contribution in [1.29, 1.82) is 0 Å². The molecule has 1 aliphatic rings. The summed E-state index contributed by atoms with van der Waals surface area (Å²) in [7, 11) is 1.87. The van der Waals surface area contributed by atoms with E-state index in [1.165, 1.54) is 0 Å². The summed E-state index contributed by atoms with van der Waals surface area (Å²) in [5, 5.41) is 10.4. The molecule has 3 rings (SSSR count). The van der Waals surface area contributed by atoms with Crippen LogP contribution in [0.15, 0.2) is 30.7 Å². The monoisotopic (exact) mass is 300 g/mol. The summed E-state index contributed by atoms with van der Waals surface area (Å²) in [6.45, 7) is 4.65. The van der Waals surface area contributed by atoms with E-state index in [4.69, 9.17) is 0 Å². The van der Waals surface area contributed by atoms with Crippen LogP contribution in [0.3, 0.4) is 0 Å². The summed E-state index contributed by atoms with van der Waals surface area (Å²) >= 11 is 0. The summed E-state index contributed by atoms with van der Waals surface area (Å²) in [4.78, 5) is 18.8. The molecule has 3 heterocycles. The number of pyridine rings is 1. The minimum absolute atomic E-state index is 0.147. The first-order valence-electron chi connectivity index (χ1n) is 7.39. The topological polar surface area (TPSA) is 75.1 Å². The van der Waals surface area contributed by atoms with E-state index in [-0.39, 0.29) is 5.91 Å². The zero-order chi connectivity index (χ0) is 15.4. The molecule has 1 amide bonds. The molecule has 7 nitrogen and oxygen atoms in total. The second-order valence-corrected chi connectivity index (χ2v) is 5.35. The highest BCUT2D eigenvalue weighted by Gasteiger charge is 2.19. The van der Waals surface area contributed by atoms with Crippen LogP contribution in [0.1, 0.15) is 16.1 Å². The molecular weight excluding hydrogens is 280 g/mol. The van der Waals surface area contributed by atoms with E-state index in [1.807, 2.05) is 13.1 Å². The number of anilines is 1. The van der Waals surface area contributed by atoms with Gasteiger partial charge in [0.05, 0.1) is 29.3 Å². The lowest BCUT2D eigenvalue weighted by Crippen LogP contribution is -2.43. The molecule has 2 aromatic heterocycles. The van der Waals surface area contributed by atoms with Crippen molar-refractivity contribution in [1.82, 2.24) is 25.0 Å². The van der Waals surface area contributed by atoms with Gasteiger partial charge >= 0.3 is 0 Å². The Hall–Kier alpha value is -2.25. The van der Waals surface area contributed by atoms with Gasteiger partial charge in [-0.1, -0.05) is 0 Å². The Bertz CT molecular complexity index is 633. The molecule has 0 radical (unpaired) electrons. The lowest BCUT2D eigenvalue weighted by atomic mass is 10.2. The summed E-state index contributed by atoms with van der Waals surface area (Å²) in [5.74, 6) is -0.147. The van der Waals surface area contributed by atoms with Crippen LogP contribution in [0.25, 0.3) is 0 Å². The molecule has 1 aliphatic heterocycles. The number of amides is 1. The Morgan fingerprint density at radius 3 is 2.91 bits per heavy atom. The van der Waals surface area contributed by atoms with Gasteiger partial charge in [-0.2, -0.15) is 5.10 Å². The first-order valence-corrected chi connectivity index (χ1v) is 7.39. The van der Waals surface area contributed by atoms with Gasteiger partial charge in [0.25, 0.3) is 5.91 Å². The van der Waals surface area contributed by atoms with Crippen LogP contribution in [0, 0.1) is 0 Å². The lowest BCUT2D eigenvalue weighted by Gasteiger charge is -2.27. The summed E-state index contributed by atoms with van der Waals surface area (Å²) < 4.78 is 1.78. The van der Waals surface area contributed by atoms with E-state index in [0.29, 0.717) is 11.3 Å². The molecular formula is C15H20N6O. The highest BCUT2D eigenvalue weighted by Crippen LogP contribution is 2.14. The van der Waals surface area contributed by atoms with Gasteiger partial charge in [0.2, 0.25) is 0 Å². The van der Waals surface area contributed by atoms with Crippen LogP contribution < -0.4 is 10.6 Å². The van der Waals surface area contributed by atoms with Crippen molar-refractivity contribution in [2.75, 3.05) is 31.5 Å². The predicted octanol–water partition coefficient (Wildman–Crippen LogP) is 0.473. The van der Waals surface area contributed by atoms with Crippen molar-refractivity contribution >= 4 is 11.6 Å². The average molecular weight is 300 g/mol. The van der Waals surface area contributed by atoms with Crippen molar-refractivity contribution in [3.63, 3.8) is 0 Å². The largest absolute Gasteiger partial charge is 0.320 e. The lowest BCUT2D eigenvalue weighted by molar-refractivity contribution is 0.102. The third kappa shape index (κ3) is 3.32. The average Bonchev–Trinajstić information content (AvgIpc) is 2.90.